The highest BCUT2D eigenvalue weighted by atomic mass is 16.6. The normalized spacial score (nSPS) is 10.7. The standard InChI is InChI=1S/C15H17N3O4/c1-10(2)8-17-9-11(7-16-17)13-5-4-12(18(20)21)6-14(13)15(19)22-3/h4-7,9-10H,8H2,1-3H3. The Morgan fingerprint density at radius 1 is 1.45 bits per heavy atom. The molecule has 1 aromatic heterocycles. The van der Waals surface area contributed by atoms with Gasteiger partial charge in [-0.1, -0.05) is 13.8 Å². The van der Waals surface area contributed by atoms with Crippen molar-refractivity contribution in [3.63, 3.8) is 0 Å². The molecule has 0 radical (unpaired) electrons. The predicted molar refractivity (Wildman–Crippen MR) is 80.5 cm³/mol. The third-order valence-corrected chi connectivity index (χ3v) is 3.12. The van der Waals surface area contributed by atoms with Gasteiger partial charge >= 0.3 is 5.97 Å². The fourth-order valence-corrected chi connectivity index (χ4v) is 2.15. The Kier molecular flexibility index (Phi) is 4.55. The van der Waals surface area contributed by atoms with Crippen LogP contribution >= 0.6 is 0 Å². The number of benzene rings is 1. The van der Waals surface area contributed by atoms with Crippen LogP contribution in [0.3, 0.4) is 0 Å². The van der Waals surface area contributed by atoms with Crippen LogP contribution in [0.1, 0.15) is 24.2 Å². The van der Waals surface area contributed by atoms with Crippen LogP contribution in [0.15, 0.2) is 30.6 Å². The zero-order valence-electron chi connectivity index (χ0n) is 12.6. The molecule has 0 bridgehead atoms. The highest BCUT2D eigenvalue weighted by Crippen LogP contribution is 2.28. The molecule has 0 unspecified atom stereocenters. The predicted octanol–water partition coefficient (Wildman–Crippen LogP) is 2.90. The summed E-state index contributed by atoms with van der Waals surface area (Å²) in [5, 5.41) is 15.1. The van der Waals surface area contributed by atoms with E-state index in [0.717, 1.165) is 12.1 Å². The zero-order valence-corrected chi connectivity index (χ0v) is 12.6. The van der Waals surface area contributed by atoms with Crippen molar-refractivity contribution in [1.29, 1.82) is 0 Å². The molecule has 0 fully saturated rings. The van der Waals surface area contributed by atoms with Crippen LogP contribution < -0.4 is 0 Å². The quantitative estimate of drug-likeness (QED) is 0.481. The van der Waals surface area contributed by atoms with Crippen LogP contribution in [0.25, 0.3) is 11.1 Å². The van der Waals surface area contributed by atoms with E-state index in [1.165, 1.54) is 19.2 Å². The number of non-ortho nitro benzene ring substituents is 1. The number of aromatic nitrogens is 2. The number of esters is 1. The van der Waals surface area contributed by atoms with E-state index in [0.29, 0.717) is 11.5 Å². The molecule has 0 saturated heterocycles. The lowest BCUT2D eigenvalue weighted by Gasteiger charge is -2.06. The van der Waals surface area contributed by atoms with Crippen molar-refractivity contribution >= 4 is 11.7 Å². The first kappa shape index (κ1) is 15.7. The Morgan fingerprint density at radius 3 is 2.77 bits per heavy atom. The number of methoxy groups -OCH3 is 1. The van der Waals surface area contributed by atoms with Gasteiger partial charge in [0.2, 0.25) is 0 Å². The number of hydrogen-bond acceptors (Lipinski definition) is 5. The lowest BCUT2D eigenvalue weighted by atomic mass is 10.0. The van der Waals surface area contributed by atoms with Gasteiger partial charge < -0.3 is 4.74 Å². The molecule has 0 aliphatic heterocycles. The average molecular weight is 303 g/mol. The second-order valence-corrected chi connectivity index (χ2v) is 5.32. The third kappa shape index (κ3) is 3.30. The van der Waals surface area contributed by atoms with Crippen molar-refractivity contribution in [2.45, 2.75) is 20.4 Å². The molecule has 7 heteroatoms. The summed E-state index contributed by atoms with van der Waals surface area (Å²) >= 11 is 0. The van der Waals surface area contributed by atoms with Crippen molar-refractivity contribution in [2.75, 3.05) is 7.11 Å². The topological polar surface area (TPSA) is 87.3 Å². The van der Waals surface area contributed by atoms with E-state index in [9.17, 15) is 14.9 Å². The van der Waals surface area contributed by atoms with E-state index in [4.69, 9.17) is 4.74 Å². The lowest BCUT2D eigenvalue weighted by Crippen LogP contribution is -2.05. The number of nitrogens with zero attached hydrogens (tertiary/aromatic N) is 3. The summed E-state index contributed by atoms with van der Waals surface area (Å²) in [6.45, 7) is 4.90. The summed E-state index contributed by atoms with van der Waals surface area (Å²) in [6.07, 6.45) is 3.45. The van der Waals surface area contributed by atoms with Crippen LogP contribution in [0.2, 0.25) is 0 Å². The molecule has 0 aliphatic carbocycles. The molecule has 116 valence electrons. The van der Waals surface area contributed by atoms with E-state index in [2.05, 4.69) is 18.9 Å². The Bertz CT molecular complexity index is 707. The minimum Gasteiger partial charge on any atom is -0.465 e. The number of carbonyl (C=O) groups excluding carboxylic acids is 1. The molecule has 0 N–H and O–H groups in total. The van der Waals surface area contributed by atoms with E-state index in [1.54, 1.807) is 16.9 Å². The lowest BCUT2D eigenvalue weighted by molar-refractivity contribution is -0.384. The van der Waals surface area contributed by atoms with E-state index in [1.807, 2.05) is 6.20 Å². The molecule has 1 heterocycles. The highest BCUT2D eigenvalue weighted by molar-refractivity contribution is 5.97. The van der Waals surface area contributed by atoms with E-state index < -0.39 is 10.9 Å². The molecule has 0 saturated carbocycles. The summed E-state index contributed by atoms with van der Waals surface area (Å²) < 4.78 is 6.50. The zero-order chi connectivity index (χ0) is 16.3. The monoisotopic (exact) mass is 303 g/mol. The van der Waals surface area contributed by atoms with Crippen LogP contribution in [0, 0.1) is 16.0 Å². The average Bonchev–Trinajstić information content (AvgIpc) is 2.93. The van der Waals surface area contributed by atoms with Crippen molar-refractivity contribution < 1.29 is 14.5 Å². The molecule has 2 rings (SSSR count). The number of rotatable bonds is 5. The maximum absolute atomic E-state index is 11.9. The van der Waals surface area contributed by atoms with Crippen molar-refractivity contribution in [2.24, 2.45) is 5.92 Å². The first-order chi connectivity index (χ1) is 10.4. The van der Waals surface area contributed by atoms with E-state index in [-0.39, 0.29) is 11.3 Å². The minimum atomic E-state index is -0.615. The summed E-state index contributed by atoms with van der Waals surface area (Å²) in [7, 11) is 1.24. The summed E-state index contributed by atoms with van der Waals surface area (Å²) in [5.41, 5.74) is 1.28. The van der Waals surface area contributed by atoms with Crippen LogP contribution in [-0.4, -0.2) is 27.8 Å². The Labute approximate surface area is 127 Å². The summed E-state index contributed by atoms with van der Waals surface area (Å²) in [4.78, 5) is 22.2. The fourth-order valence-electron chi connectivity index (χ4n) is 2.15. The van der Waals surface area contributed by atoms with Crippen LogP contribution in [0.5, 0.6) is 0 Å². The van der Waals surface area contributed by atoms with Crippen molar-refractivity contribution in [1.82, 2.24) is 9.78 Å². The minimum absolute atomic E-state index is 0.154. The molecule has 0 atom stereocenters. The van der Waals surface area contributed by atoms with Crippen LogP contribution in [0.4, 0.5) is 5.69 Å². The molecular weight excluding hydrogens is 286 g/mol. The van der Waals surface area contributed by atoms with Gasteiger partial charge in [0.1, 0.15) is 0 Å². The first-order valence-corrected chi connectivity index (χ1v) is 6.82. The maximum Gasteiger partial charge on any atom is 0.338 e. The van der Waals surface area contributed by atoms with Gasteiger partial charge in [0.25, 0.3) is 5.69 Å². The molecule has 0 spiro atoms. The summed E-state index contributed by atoms with van der Waals surface area (Å²) in [6, 6.07) is 4.13. The molecule has 7 nitrogen and oxygen atoms in total. The van der Waals surface area contributed by atoms with Gasteiger partial charge in [-0.05, 0) is 17.5 Å². The Hall–Kier alpha value is -2.70. The molecule has 22 heavy (non-hydrogen) atoms. The Balaban J connectivity index is 2.47. The smallest absolute Gasteiger partial charge is 0.338 e. The second-order valence-electron chi connectivity index (χ2n) is 5.32. The van der Waals surface area contributed by atoms with Gasteiger partial charge in [0.15, 0.2) is 0 Å². The number of hydrogen-bond donors (Lipinski definition) is 0. The van der Waals surface area contributed by atoms with Gasteiger partial charge in [-0.3, -0.25) is 14.8 Å². The number of carbonyl (C=O) groups is 1. The van der Waals surface area contributed by atoms with Gasteiger partial charge in [-0.25, -0.2) is 4.79 Å². The fraction of sp³-hybridized carbons (Fsp3) is 0.333. The molecular formula is C15H17N3O4. The van der Waals surface area contributed by atoms with E-state index >= 15 is 0 Å². The Morgan fingerprint density at radius 2 is 2.18 bits per heavy atom. The highest BCUT2D eigenvalue weighted by Gasteiger charge is 2.19. The largest absolute Gasteiger partial charge is 0.465 e. The SMILES string of the molecule is COC(=O)c1cc([N+](=O)[O-])ccc1-c1cnn(CC(C)C)c1. The van der Waals surface area contributed by atoms with Gasteiger partial charge in [0.05, 0.1) is 23.8 Å². The molecule has 2 aromatic rings. The number of nitro benzene ring substituents is 1. The van der Waals surface area contributed by atoms with Crippen molar-refractivity contribution in [3.8, 4) is 11.1 Å². The van der Waals surface area contributed by atoms with Gasteiger partial charge in [-0.2, -0.15) is 5.10 Å². The van der Waals surface area contributed by atoms with Gasteiger partial charge in [-0.15, -0.1) is 0 Å². The summed E-state index contributed by atoms with van der Waals surface area (Å²) in [5.74, 6) is -0.181. The molecule has 1 aromatic carbocycles. The third-order valence-electron chi connectivity index (χ3n) is 3.12. The second kappa shape index (κ2) is 6.38. The molecule has 0 aliphatic rings. The number of ether oxygens (including phenoxy) is 1. The van der Waals surface area contributed by atoms with Crippen molar-refractivity contribution in [3.05, 3.63) is 46.3 Å². The molecule has 0 amide bonds. The first-order valence-electron chi connectivity index (χ1n) is 6.82. The van der Waals surface area contributed by atoms with Crippen LogP contribution in [-0.2, 0) is 11.3 Å². The maximum atomic E-state index is 11.9. The number of nitro groups is 1. The van der Waals surface area contributed by atoms with Gasteiger partial charge in [0, 0.05) is 30.4 Å².